The summed E-state index contributed by atoms with van der Waals surface area (Å²) in [6.45, 7) is 7.19. The van der Waals surface area contributed by atoms with E-state index in [1.165, 1.54) is 6.42 Å². The summed E-state index contributed by atoms with van der Waals surface area (Å²) in [7, 11) is 1.60. The first-order valence-electron chi connectivity index (χ1n) is 9.57. The van der Waals surface area contributed by atoms with Crippen LogP contribution in [0, 0.1) is 11.3 Å². The SMILES string of the molecule is CCC(C)(C)C1CCC(NC(=O)C(=O)NCc2cccc(OC)c2)CC1. The summed E-state index contributed by atoms with van der Waals surface area (Å²) >= 11 is 0. The monoisotopic (exact) mass is 360 g/mol. The van der Waals surface area contributed by atoms with Crippen LogP contribution >= 0.6 is 0 Å². The Morgan fingerprint density at radius 3 is 2.46 bits per heavy atom. The maximum atomic E-state index is 12.1. The molecular weight excluding hydrogens is 328 g/mol. The molecule has 5 nitrogen and oxygen atoms in total. The molecule has 1 aromatic carbocycles. The van der Waals surface area contributed by atoms with E-state index >= 15 is 0 Å². The van der Waals surface area contributed by atoms with Gasteiger partial charge in [0.15, 0.2) is 0 Å². The average Bonchev–Trinajstić information content (AvgIpc) is 2.66. The Kier molecular flexibility index (Phi) is 7.06. The van der Waals surface area contributed by atoms with Crippen molar-refractivity contribution in [3.63, 3.8) is 0 Å². The van der Waals surface area contributed by atoms with E-state index in [2.05, 4.69) is 31.4 Å². The largest absolute Gasteiger partial charge is 0.497 e. The van der Waals surface area contributed by atoms with Gasteiger partial charge in [0.05, 0.1) is 7.11 Å². The fourth-order valence-corrected chi connectivity index (χ4v) is 3.60. The minimum atomic E-state index is -0.580. The van der Waals surface area contributed by atoms with Gasteiger partial charge in [0, 0.05) is 12.6 Å². The fraction of sp³-hybridized carbons (Fsp3) is 0.619. The van der Waals surface area contributed by atoms with E-state index in [-0.39, 0.29) is 6.04 Å². The van der Waals surface area contributed by atoms with E-state index in [1.54, 1.807) is 7.11 Å². The molecular formula is C21H32N2O3. The normalized spacial score (nSPS) is 20.3. The number of carbonyl (C=O) groups excluding carboxylic acids is 2. The van der Waals surface area contributed by atoms with Gasteiger partial charge in [-0.25, -0.2) is 0 Å². The molecule has 0 unspecified atom stereocenters. The molecule has 1 aliphatic carbocycles. The molecule has 144 valence electrons. The predicted octanol–water partition coefficient (Wildman–Crippen LogP) is 3.42. The fourth-order valence-electron chi connectivity index (χ4n) is 3.60. The van der Waals surface area contributed by atoms with E-state index in [0.29, 0.717) is 17.9 Å². The number of rotatable bonds is 6. The molecule has 0 aromatic heterocycles. The van der Waals surface area contributed by atoms with Gasteiger partial charge in [-0.2, -0.15) is 0 Å². The molecule has 2 N–H and O–H groups in total. The molecule has 1 saturated carbocycles. The molecule has 26 heavy (non-hydrogen) atoms. The van der Waals surface area contributed by atoms with Crippen LogP contribution in [0.5, 0.6) is 5.75 Å². The molecule has 1 aromatic rings. The molecule has 0 atom stereocenters. The summed E-state index contributed by atoms with van der Waals surface area (Å²) < 4.78 is 5.16. The van der Waals surface area contributed by atoms with Crippen LogP contribution in [0.15, 0.2) is 24.3 Å². The van der Waals surface area contributed by atoms with Gasteiger partial charge >= 0.3 is 11.8 Å². The van der Waals surface area contributed by atoms with Gasteiger partial charge in [0.25, 0.3) is 0 Å². The van der Waals surface area contributed by atoms with Crippen molar-refractivity contribution in [3.05, 3.63) is 29.8 Å². The topological polar surface area (TPSA) is 67.4 Å². The van der Waals surface area contributed by atoms with E-state index < -0.39 is 11.8 Å². The first-order valence-corrected chi connectivity index (χ1v) is 9.57. The van der Waals surface area contributed by atoms with E-state index in [0.717, 1.165) is 37.0 Å². The first-order chi connectivity index (χ1) is 12.4. The van der Waals surface area contributed by atoms with Crippen molar-refractivity contribution in [1.82, 2.24) is 10.6 Å². The Bertz CT molecular complexity index is 619. The molecule has 1 fully saturated rings. The molecule has 0 saturated heterocycles. The predicted molar refractivity (Wildman–Crippen MR) is 103 cm³/mol. The number of carbonyl (C=O) groups is 2. The van der Waals surface area contributed by atoms with Crippen molar-refractivity contribution < 1.29 is 14.3 Å². The highest BCUT2D eigenvalue weighted by atomic mass is 16.5. The molecule has 1 aliphatic rings. The van der Waals surface area contributed by atoms with Crippen molar-refractivity contribution in [1.29, 1.82) is 0 Å². The standard InChI is InChI=1S/C21H32N2O3/c1-5-21(2,3)16-9-11-17(12-10-16)23-20(25)19(24)22-14-15-7-6-8-18(13-15)26-4/h6-8,13,16-17H,5,9-12,14H2,1-4H3,(H,22,24)(H,23,25). The van der Waals surface area contributed by atoms with Gasteiger partial charge < -0.3 is 15.4 Å². The average molecular weight is 360 g/mol. The van der Waals surface area contributed by atoms with Gasteiger partial charge in [-0.15, -0.1) is 0 Å². The lowest BCUT2D eigenvalue weighted by molar-refractivity contribution is -0.139. The van der Waals surface area contributed by atoms with Gasteiger partial charge in [-0.05, 0) is 54.7 Å². The lowest BCUT2D eigenvalue weighted by Crippen LogP contribution is -2.46. The van der Waals surface area contributed by atoms with Crippen LogP contribution < -0.4 is 15.4 Å². The highest BCUT2D eigenvalue weighted by Crippen LogP contribution is 2.40. The molecule has 0 radical (unpaired) electrons. The Labute approximate surface area is 156 Å². The summed E-state index contributed by atoms with van der Waals surface area (Å²) in [6.07, 6.45) is 5.28. The zero-order valence-corrected chi connectivity index (χ0v) is 16.4. The van der Waals surface area contributed by atoms with Crippen LogP contribution in [0.2, 0.25) is 0 Å². The van der Waals surface area contributed by atoms with Crippen LogP contribution in [0.4, 0.5) is 0 Å². The van der Waals surface area contributed by atoms with Crippen LogP contribution in [-0.4, -0.2) is 25.0 Å². The number of methoxy groups -OCH3 is 1. The summed E-state index contributed by atoms with van der Waals surface area (Å²) in [5.41, 5.74) is 1.25. The van der Waals surface area contributed by atoms with Crippen molar-refractivity contribution in [2.45, 2.75) is 65.5 Å². The third-order valence-electron chi connectivity index (χ3n) is 5.87. The number of ether oxygens (including phenoxy) is 1. The second-order valence-electron chi connectivity index (χ2n) is 7.90. The first kappa shape index (κ1) is 20.3. The third-order valence-corrected chi connectivity index (χ3v) is 5.87. The Morgan fingerprint density at radius 1 is 1.15 bits per heavy atom. The number of hydrogen-bond acceptors (Lipinski definition) is 3. The molecule has 2 rings (SSSR count). The minimum absolute atomic E-state index is 0.106. The number of benzene rings is 1. The molecule has 0 bridgehead atoms. The van der Waals surface area contributed by atoms with Gasteiger partial charge in [-0.3, -0.25) is 9.59 Å². The number of hydrogen-bond donors (Lipinski definition) is 2. The lowest BCUT2D eigenvalue weighted by Gasteiger charge is -2.39. The zero-order chi connectivity index (χ0) is 19.2. The van der Waals surface area contributed by atoms with Crippen molar-refractivity contribution in [2.75, 3.05) is 7.11 Å². The molecule has 0 aliphatic heterocycles. The quantitative estimate of drug-likeness (QED) is 0.764. The second-order valence-corrected chi connectivity index (χ2v) is 7.90. The maximum Gasteiger partial charge on any atom is 0.309 e. The lowest BCUT2D eigenvalue weighted by atomic mass is 9.69. The van der Waals surface area contributed by atoms with Gasteiger partial charge in [-0.1, -0.05) is 39.3 Å². The number of amides is 2. The van der Waals surface area contributed by atoms with Gasteiger partial charge in [0.2, 0.25) is 0 Å². The molecule has 0 heterocycles. The van der Waals surface area contributed by atoms with Crippen LogP contribution in [0.1, 0.15) is 58.4 Å². The Balaban J connectivity index is 1.76. The van der Waals surface area contributed by atoms with Crippen molar-refractivity contribution in [2.24, 2.45) is 11.3 Å². The summed E-state index contributed by atoms with van der Waals surface area (Å²) in [6, 6.07) is 7.53. The second kappa shape index (κ2) is 9.06. The maximum absolute atomic E-state index is 12.1. The van der Waals surface area contributed by atoms with E-state index in [4.69, 9.17) is 4.74 Å². The van der Waals surface area contributed by atoms with Crippen LogP contribution in [-0.2, 0) is 16.1 Å². The number of nitrogens with one attached hydrogen (secondary N) is 2. The summed E-state index contributed by atoms with van der Waals surface area (Å²) in [5, 5.41) is 5.57. The Hall–Kier alpha value is -2.04. The van der Waals surface area contributed by atoms with E-state index in [1.807, 2.05) is 24.3 Å². The smallest absolute Gasteiger partial charge is 0.309 e. The highest BCUT2D eigenvalue weighted by Gasteiger charge is 2.32. The van der Waals surface area contributed by atoms with Crippen molar-refractivity contribution >= 4 is 11.8 Å². The van der Waals surface area contributed by atoms with Crippen molar-refractivity contribution in [3.8, 4) is 5.75 Å². The molecule has 2 amide bonds. The Morgan fingerprint density at radius 2 is 1.85 bits per heavy atom. The van der Waals surface area contributed by atoms with E-state index in [9.17, 15) is 9.59 Å². The molecule has 5 heteroatoms. The molecule has 0 spiro atoms. The summed E-state index contributed by atoms with van der Waals surface area (Å²) in [5.74, 6) is 0.311. The zero-order valence-electron chi connectivity index (χ0n) is 16.4. The minimum Gasteiger partial charge on any atom is -0.497 e. The van der Waals surface area contributed by atoms with Gasteiger partial charge in [0.1, 0.15) is 5.75 Å². The third kappa shape index (κ3) is 5.48. The highest BCUT2D eigenvalue weighted by molar-refractivity contribution is 6.35. The van der Waals surface area contributed by atoms with Crippen LogP contribution in [0.3, 0.4) is 0 Å². The van der Waals surface area contributed by atoms with Crippen LogP contribution in [0.25, 0.3) is 0 Å². The summed E-state index contributed by atoms with van der Waals surface area (Å²) in [4.78, 5) is 24.2.